The van der Waals surface area contributed by atoms with Gasteiger partial charge >= 0.3 is 0 Å². The average Bonchev–Trinajstić information content (AvgIpc) is 3.59. The molecular formula is C30H30ClN3O6S. The molecule has 2 amide bonds. The highest BCUT2D eigenvalue weighted by molar-refractivity contribution is 7.18. The highest BCUT2D eigenvalue weighted by Gasteiger charge is 2.58. The van der Waals surface area contributed by atoms with Gasteiger partial charge in [0.25, 0.3) is 5.69 Å². The molecule has 4 atom stereocenters. The first-order valence-electron chi connectivity index (χ1n) is 13.5. The standard InChI is InChI=1S/C30H30ClN3O6S/c1-40-21-12-6-9-18(16-21)24-25(28(35)22-13-14-23(31)41-22)26(19-10-5-11-20(15-19)34(38)39)33(27(24)29(32)36)30(37)17-7-3-2-4-8-17/h5-6,9-17,24-27H,2-4,7-8H2,1H3,(H2,32,36). The fourth-order valence-electron chi connectivity index (χ4n) is 6.41. The summed E-state index contributed by atoms with van der Waals surface area (Å²) in [6, 6.07) is 14.0. The first kappa shape index (κ1) is 28.8. The van der Waals surface area contributed by atoms with Crippen molar-refractivity contribution < 1.29 is 24.0 Å². The molecule has 214 valence electrons. The largest absolute Gasteiger partial charge is 0.497 e. The minimum absolute atomic E-state index is 0.182. The number of amides is 2. The Morgan fingerprint density at radius 2 is 1.73 bits per heavy atom. The second kappa shape index (κ2) is 12.0. The van der Waals surface area contributed by atoms with Crippen LogP contribution in [-0.2, 0) is 9.59 Å². The maximum Gasteiger partial charge on any atom is 0.269 e. The van der Waals surface area contributed by atoms with E-state index in [2.05, 4.69) is 0 Å². The summed E-state index contributed by atoms with van der Waals surface area (Å²) < 4.78 is 5.86. The Kier molecular flexibility index (Phi) is 8.42. The van der Waals surface area contributed by atoms with Gasteiger partial charge in [-0.15, -0.1) is 11.3 Å². The van der Waals surface area contributed by atoms with Crippen LogP contribution in [0.5, 0.6) is 5.75 Å². The number of carbonyl (C=O) groups is 3. The van der Waals surface area contributed by atoms with E-state index in [0.29, 0.717) is 38.9 Å². The van der Waals surface area contributed by atoms with Crippen molar-refractivity contribution >= 4 is 46.2 Å². The van der Waals surface area contributed by atoms with Crippen molar-refractivity contribution in [2.45, 2.75) is 50.1 Å². The number of nitrogens with two attached hydrogens (primary N) is 1. The molecule has 2 fully saturated rings. The Balaban J connectivity index is 1.77. The summed E-state index contributed by atoms with van der Waals surface area (Å²) in [6.45, 7) is 0. The molecule has 0 spiro atoms. The minimum Gasteiger partial charge on any atom is -0.497 e. The van der Waals surface area contributed by atoms with Crippen LogP contribution in [0.2, 0.25) is 4.34 Å². The number of nitrogens with zero attached hydrogens (tertiary/aromatic N) is 2. The number of carbonyl (C=O) groups excluding carboxylic acids is 3. The number of nitro benzene ring substituents is 1. The van der Waals surface area contributed by atoms with Crippen LogP contribution in [0.1, 0.15) is 64.9 Å². The molecule has 1 aliphatic carbocycles. The molecule has 11 heteroatoms. The van der Waals surface area contributed by atoms with E-state index < -0.39 is 34.7 Å². The van der Waals surface area contributed by atoms with Gasteiger partial charge in [0.05, 0.1) is 33.2 Å². The summed E-state index contributed by atoms with van der Waals surface area (Å²) in [5.41, 5.74) is 6.88. The van der Waals surface area contributed by atoms with E-state index in [1.165, 1.54) is 30.2 Å². The summed E-state index contributed by atoms with van der Waals surface area (Å²) in [4.78, 5) is 55.2. The molecule has 1 aromatic heterocycles. The number of rotatable bonds is 8. The molecule has 1 saturated heterocycles. The third-order valence-electron chi connectivity index (χ3n) is 8.19. The smallest absolute Gasteiger partial charge is 0.269 e. The van der Waals surface area contributed by atoms with E-state index in [0.717, 1.165) is 30.6 Å². The zero-order chi connectivity index (χ0) is 29.3. The number of hydrogen-bond donors (Lipinski definition) is 1. The topological polar surface area (TPSA) is 133 Å². The van der Waals surface area contributed by atoms with Crippen molar-refractivity contribution in [1.29, 1.82) is 0 Å². The quantitative estimate of drug-likeness (QED) is 0.195. The lowest BCUT2D eigenvalue weighted by atomic mass is 9.77. The van der Waals surface area contributed by atoms with Gasteiger partial charge in [-0.3, -0.25) is 24.5 Å². The van der Waals surface area contributed by atoms with Crippen LogP contribution in [0.15, 0.2) is 60.7 Å². The van der Waals surface area contributed by atoms with Gasteiger partial charge in [0.15, 0.2) is 5.78 Å². The third-order valence-corrected chi connectivity index (χ3v) is 9.43. The molecule has 1 saturated carbocycles. The van der Waals surface area contributed by atoms with Gasteiger partial charge in [0.2, 0.25) is 11.8 Å². The highest BCUT2D eigenvalue weighted by atomic mass is 35.5. The van der Waals surface area contributed by atoms with E-state index in [-0.39, 0.29) is 23.3 Å². The maximum absolute atomic E-state index is 14.4. The molecule has 2 heterocycles. The van der Waals surface area contributed by atoms with E-state index in [4.69, 9.17) is 22.1 Å². The number of ether oxygens (including phenoxy) is 1. The molecule has 3 aromatic rings. The van der Waals surface area contributed by atoms with Crippen LogP contribution in [-0.4, -0.2) is 40.6 Å². The monoisotopic (exact) mass is 595 g/mol. The van der Waals surface area contributed by atoms with Crippen LogP contribution in [0.4, 0.5) is 5.69 Å². The van der Waals surface area contributed by atoms with E-state index in [1.54, 1.807) is 42.5 Å². The molecule has 4 unspecified atom stereocenters. The fraction of sp³-hybridized carbons (Fsp3) is 0.367. The first-order valence-corrected chi connectivity index (χ1v) is 14.7. The summed E-state index contributed by atoms with van der Waals surface area (Å²) in [6.07, 6.45) is 4.09. The zero-order valence-corrected chi connectivity index (χ0v) is 24.0. The Hall–Kier alpha value is -3.76. The molecule has 1 aliphatic heterocycles. The van der Waals surface area contributed by atoms with E-state index in [9.17, 15) is 24.5 Å². The molecule has 0 bridgehead atoms. The number of thiophene rings is 1. The van der Waals surface area contributed by atoms with E-state index >= 15 is 0 Å². The summed E-state index contributed by atoms with van der Waals surface area (Å²) in [5, 5.41) is 11.8. The van der Waals surface area contributed by atoms with Crippen LogP contribution in [0, 0.1) is 22.0 Å². The number of non-ortho nitro benzene ring substituents is 1. The Morgan fingerprint density at radius 1 is 1.02 bits per heavy atom. The second-order valence-electron chi connectivity index (χ2n) is 10.5. The molecule has 2 aliphatic rings. The minimum atomic E-state index is -1.18. The van der Waals surface area contributed by atoms with Gasteiger partial charge in [-0.2, -0.15) is 0 Å². The van der Waals surface area contributed by atoms with Gasteiger partial charge in [-0.05, 0) is 48.2 Å². The predicted octanol–water partition coefficient (Wildman–Crippen LogP) is 5.92. The molecule has 41 heavy (non-hydrogen) atoms. The zero-order valence-electron chi connectivity index (χ0n) is 22.4. The van der Waals surface area contributed by atoms with Crippen LogP contribution in [0.25, 0.3) is 0 Å². The summed E-state index contributed by atoms with van der Waals surface area (Å²) in [7, 11) is 1.51. The lowest BCUT2D eigenvalue weighted by Gasteiger charge is -2.34. The lowest BCUT2D eigenvalue weighted by Crippen LogP contribution is -2.49. The van der Waals surface area contributed by atoms with Crippen LogP contribution >= 0.6 is 22.9 Å². The Bertz CT molecular complexity index is 1490. The number of primary amides is 1. The Labute approximate surface area is 246 Å². The second-order valence-corrected chi connectivity index (χ2v) is 12.2. The average molecular weight is 596 g/mol. The van der Waals surface area contributed by atoms with Crippen molar-refractivity contribution in [1.82, 2.24) is 4.90 Å². The van der Waals surface area contributed by atoms with Gasteiger partial charge in [-0.1, -0.05) is 55.1 Å². The molecular weight excluding hydrogens is 566 g/mol. The van der Waals surface area contributed by atoms with Crippen LogP contribution in [0.3, 0.4) is 0 Å². The normalized spacial score (nSPS) is 22.8. The SMILES string of the molecule is COc1cccc(C2C(C(=O)c3ccc(Cl)s3)C(c3cccc([N+](=O)[O-])c3)N(C(=O)C3CCCCC3)C2C(N)=O)c1. The molecule has 2 N–H and O–H groups in total. The van der Waals surface area contributed by atoms with Crippen molar-refractivity contribution in [3.05, 3.63) is 91.1 Å². The van der Waals surface area contributed by atoms with Crippen molar-refractivity contribution in [3.63, 3.8) is 0 Å². The van der Waals surface area contributed by atoms with Crippen molar-refractivity contribution in [2.75, 3.05) is 7.11 Å². The summed E-state index contributed by atoms with van der Waals surface area (Å²) in [5.74, 6) is -3.00. The molecule has 0 radical (unpaired) electrons. The van der Waals surface area contributed by atoms with Crippen LogP contribution < -0.4 is 10.5 Å². The molecule has 9 nitrogen and oxygen atoms in total. The number of ketones is 1. The number of methoxy groups -OCH3 is 1. The molecule has 5 rings (SSSR count). The van der Waals surface area contributed by atoms with Gasteiger partial charge in [0.1, 0.15) is 11.8 Å². The number of halogens is 1. The number of benzene rings is 2. The molecule has 2 aromatic carbocycles. The number of nitro groups is 1. The number of likely N-dealkylation sites (tertiary alicyclic amines) is 1. The first-order chi connectivity index (χ1) is 19.7. The van der Waals surface area contributed by atoms with Gasteiger partial charge < -0.3 is 15.4 Å². The highest BCUT2D eigenvalue weighted by Crippen LogP contribution is 2.53. The lowest BCUT2D eigenvalue weighted by molar-refractivity contribution is -0.385. The Morgan fingerprint density at radius 3 is 2.37 bits per heavy atom. The van der Waals surface area contributed by atoms with E-state index in [1.807, 2.05) is 0 Å². The number of hydrogen-bond acceptors (Lipinski definition) is 7. The van der Waals surface area contributed by atoms with Crippen molar-refractivity contribution in [2.24, 2.45) is 17.6 Å². The third kappa shape index (κ3) is 5.58. The summed E-state index contributed by atoms with van der Waals surface area (Å²) >= 11 is 7.31. The van der Waals surface area contributed by atoms with Gasteiger partial charge in [0, 0.05) is 24.0 Å². The van der Waals surface area contributed by atoms with Crippen molar-refractivity contribution in [3.8, 4) is 5.75 Å². The number of Topliss-reactive ketones (excluding diaryl/α,β-unsaturated/α-hetero) is 1. The maximum atomic E-state index is 14.4. The van der Waals surface area contributed by atoms with Gasteiger partial charge in [-0.25, -0.2) is 0 Å². The fourth-order valence-corrected chi connectivity index (χ4v) is 7.44. The predicted molar refractivity (Wildman–Crippen MR) is 155 cm³/mol.